The van der Waals surface area contributed by atoms with Crippen molar-refractivity contribution in [2.24, 2.45) is 0 Å². The molecule has 1 heterocycles. The molecule has 6 nitrogen and oxygen atoms in total. The van der Waals surface area contributed by atoms with Gasteiger partial charge in [-0.1, -0.05) is 0 Å². The molecule has 0 saturated carbocycles. The van der Waals surface area contributed by atoms with Gasteiger partial charge in [-0.05, 0) is 27.7 Å². The maximum absolute atomic E-state index is 11.6. The molecule has 1 aliphatic rings. The van der Waals surface area contributed by atoms with E-state index < -0.39 is 29.7 Å². The summed E-state index contributed by atoms with van der Waals surface area (Å²) in [6.45, 7) is 7.16. The average Bonchev–Trinajstić information content (AvgIpc) is 2.18. The van der Waals surface area contributed by atoms with Crippen molar-refractivity contribution in [3.8, 4) is 0 Å². The Hall–Kier alpha value is -1.14. The van der Waals surface area contributed by atoms with Crippen molar-refractivity contribution < 1.29 is 24.2 Å². The number of morpholine rings is 1. The summed E-state index contributed by atoms with van der Waals surface area (Å²) in [5.74, 6) is -1.35. The average molecular weight is 245 g/mol. The van der Waals surface area contributed by atoms with Crippen LogP contribution < -0.4 is 5.32 Å². The van der Waals surface area contributed by atoms with Crippen LogP contribution in [-0.2, 0) is 19.1 Å². The Kier molecular flexibility index (Phi) is 4.11. The lowest BCUT2D eigenvalue weighted by atomic mass is 10.1. The fourth-order valence-corrected chi connectivity index (χ4v) is 1.41. The van der Waals surface area contributed by atoms with E-state index in [4.69, 9.17) is 9.47 Å². The van der Waals surface area contributed by atoms with Gasteiger partial charge < -0.3 is 19.9 Å². The number of aliphatic hydroxyl groups excluding tert-OH is 1. The quantitative estimate of drug-likeness (QED) is 0.646. The molecule has 0 aliphatic carbocycles. The first-order valence-electron chi connectivity index (χ1n) is 5.55. The second kappa shape index (κ2) is 5.01. The smallest absolute Gasteiger partial charge is 0.338 e. The van der Waals surface area contributed by atoms with Crippen molar-refractivity contribution >= 4 is 11.9 Å². The molecular formula is C11H19NO5. The minimum absolute atomic E-state index is 0.241. The van der Waals surface area contributed by atoms with Crippen LogP contribution in [0, 0.1) is 0 Å². The number of amides is 1. The monoisotopic (exact) mass is 245 g/mol. The maximum Gasteiger partial charge on any atom is 0.338 e. The highest BCUT2D eigenvalue weighted by Gasteiger charge is 2.39. The molecule has 6 heteroatoms. The number of hydrogen-bond acceptors (Lipinski definition) is 5. The lowest BCUT2D eigenvalue weighted by Gasteiger charge is -2.31. The molecule has 3 atom stereocenters. The summed E-state index contributed by atoms with van der Waals surface area (Å²) < 4.78 is 10.2. The summed E-state index contributed by atoms with van der Waals surface area (Å²) in [4.78, 5) is 23.0. The highest BCUT2D eigenvalue weighted by Crippen LogP contribution is 2.14. The van der Waals surface area contributed by atoms with E-state index in [0.29, 0.717) is 6.54 Å². The Morgan fingerprint density at radius 3 is 2.71 bits per heavy atom. The van der Waals surface area contributed by atoms with E-state index in [1.165, 1.54) is 0 Å². The van der Waals surface area contributed by atoms with Crippen LogP contribution >= 0.6 is 0 Å². The van der Waals surface area contributed by atoms with Crippen LogP contribution in [0.25, 0.3) is 0 Å². The second-order valence-electron chi connectivity index (χ2n) is 5.09. The molecule has 2 N–H and O–H groups in total. The van der Waals surface area contributed by atoms with Gasteiger partial charge in [-0.15, -0.1) is 0 Å². The first-order chi connectivity index (χ1) is 7.70. The normalized spacial score (nSPS) is 27.2. The molecular weight excluding hydrogens is 226 g/mol. The van der Waals surface area contributed by atoms with Crippen molar-refractivity contribution in [2.75, 3.05) is 6.54 Å². The minimum atomic E-state index is -1.60. The predicted octanol–water partition coefficient (Wildman–Crippen LogP) is -0.408. The first kappa shape index (κ1) is 13.9. The number of hydrogen-bond donors (Lipinski definition) is 2. The largest absolute Gasteiger partial charge is 0.458 e. The van der Waals surface area contributed by atoms with Gasteiger partial charge in [-0.3, -0.25) is 4.79 Å². The fourth-order valence-electron chi connectivity index (χ4n) is 1.41. The van der Waals surface area contributed by atoms with E-state index in [0.717, 1.165) is 0 Å². The summed E-state index contributed by atoms with van der Waals surface area (Å²) >= 11 is 0. The standard InChI is InChI=1S/C11H19NO5/c1-6-5-12-9(14)8(16-6)7(13)10(15)17-11(2,3)4/h6-8,13H,5H2,1-4H3,(H,12,14)/t6-,7?,8+/m0/s1. The third-order valence-electron chi connectivity index (χ3n) is 2.14. The Morgan fingerprint density at radius 2 is 2.18 bits per heavy atom. The van der Waals surface area contributed by atoms with Crippen molar-refractivity contribution in [1.29, 1.82) is 0 Å². The van der Waals surface area contributed by atoms with Gasteiger partial charge in [-0.25, -0.2) is 4.79 Å². The molecule has 17 heavy (non-hydrogen) atoms. The van der Waals surface area contributed by atoms with Gasteiger partial charge in [0, 0.05) is 6.54 Å². The number of esters is 1. The second-order valence-corrected chi connectivity index (χ2v) is 5.09. The van der Waals surface area contributed by atoms with Crippen LogP contribution in [-0.4, -0.2) is 47.4 Å². The van der Waals surface area contributed by atoms with Crippen LogP contribution in [0.15, 0.2) is 0 Å². The number of carbonyl (C=O) groups excluding carboxylic acids is 2. The molecule has 0 aromatic rings. The van der Waals surface area contributed by atoms with E-state index >= 15 is 0 Å². The summed E-state index contributed by atoms with van der Waals surface area (Å²) in [6.07, 6.45) is -3.04. The first-order valence-corrected chi connectivity index (χ1v) is 5.55. The molecule has 1 amide bonds. The molecule has 0 radical (unpaired) electrons. The lowest BCUT2D eigenvalue weighted by Crippen LogP contribution is -2.55. The van der Waals surface area contributed by atoms with Crippen LogP contribution in [0.2, 0.25) is 0 Å². The van der Waals surface area contributed by atoms with Crippen LogP contribution in [0.4, 0.5) is 0 Å². The Balaban J connectivity index is 2.64. The Labute approximate surface area is 100 Å². The number of aliphatic hydroxyl groups is 1. The summed E-state index contributed by atoms with van der Waals surface area (Å²) in [7, 11) is 0. The maximum atomic E-state index is 11.6. The molecule has 1 unspecified atom stereocenters. The minimum Gasteiger partial charge on any atom is -0.458 e. The van der Waals surface area contributed by atoms with Crippen molar-refractivity contribution in [3.63, 3.8) is 0 Å². The van der Waals surface area contributed by atoms with E-state index in [1.807, 2.05) is 0 Å². The molecule has 1 fully saturated rings. The number of ether oxygens (including phenoxy) is 2. The predicted molar refractivity (Wildman–Crippen MR) is 59.2 cm³/mol. The van der Waals surface area contributed by atoms with Gasteiger partial charge in [0.2, 0.25) is 0 Å². The van der Waals surface area contributed by atoms with Gasteiger partial charge in [0.05, 0.1) is 6.10 Å². The summed E-state index contributed by atoms with van der Waals surface area (Å²) in [5.41, 5.74) is -0.713. The Bertz CT molecular complexity index is 309. The zero-order valence-electron chi connectivity index (χ0n) is 10.5. The lowest BCUT2D eigenvalue weighted by molar-refractivity contribution is -0.182. The summed E-state index contributed by atoms with van der Waals surface area (Å²) in [5, 5.41) is 12.3. The molecule has 1 rings (SSSR count). The van der Waals surface area contributed by atoms with Gasteiger partial charge >= 0.3 is 5.97 Å². The third-order valence-corrected chi connectivity index (χ3v) is 2.14. The van der Waals surface area contributed by atoms with E-state index in [9.17, 15) is 14.7 Å². The molecule has 98 valence electrons. The third kappa shape index (κ3) is 3.98. The van der Waals surface area contributed by atoms with Crippen LogP contribution in [0.3, 0.4) is 0 Å². The molecule has 1 aliphatic heterocycles. The number of rotatable bonds is 2. The summed E-state index contributed by atoms with van der Waals surface area (Å²) in [6, 6.07) is 0. The SMILES string of the molecule is C[C@H]1CNC(=O)[C@@H](C(O)C(=O)OC(C)(C)C)O1. The number of carbonyl (C=O) groups is 2. The zero-order chi connectivity index (χ0) is 13.2. The zero-order valence-corrected chi connectivity index (χ0v) is 10.5. The van der Waals surface area contributed by atoms with Crippen molar-refractivity contribution in [3.05, 3.63) is 0 Å². The van der Waals surface area contributed by atoms with E-state index in [2.05, 4.69) is 5.32 Å². The van der Waals surface area contributed by atoms with E-state index in [-0.39, 0.29) is 6.10 Å². The highest BCUT2D eigenvalue weighted by atomic mass is 16.6. The molecule has 1 saturated heterocycles. The molecule has 0 bridgehead atoms. The van der Waals surface area contributed by atoms with Gasteiger partial charge in [0.15, 0.2) is 12.2 Å². The Morgan fingerprint density at radius 1 is 1.59 bits per heavy atom. The highest BCUT2D eigenvalue weighted by molar-refractivity contribution is 5.89. The van der Waals surface area contributed by atoms with Crippen LogP contribution in [0.1, 0.15) is 27.7 Å². The molecule has 0 aromatic carbocycles. The van der Waals surface area contributed by atoms with Gasteiger partial charge in [-0.2, -0.15) is 0 Å². The van der Waals surface area contributed by atoms with Crippen molar-refractivity contribution in [2.45, 2.75) is 51.6 Å². The van der Waals surface area contributed by atoms with Crippen LogP contribution in [0.5, 0.6) is 0 Å². The van der Waals surface area contributed by atoms with Crippen molar-refractivity contribution in [1.82, 2.24) is 5.32 Å². The molecule has 0 aromatic heterocycles. The van der Waals surface area contributed by atoms with Gasteiger partial charge in [0.1, 0.15) is 5.60 Å². The topological polar surface area (TPSA) is 84.9 Å². The molecule has 0 spiro atoms. The van der Waals surface area contributed by atoms with E-state index in [1.54, 1.807) is 27.7 Å². The fraction of sp³-hybridized carbons (Fsp3) is 0.818. The van der Waals surface area contributed by atoms with Gasteiger partial charge in [0.25, 0.3) is 5.91 Å². The number of nitrogens with one attached hydrogen (secondary N) is 1.